The highest BCUT2D eigenvalue weighted by Gasteiger charge is 2.19. The molecule has 20 heavy (non-hydrogen) atoms. The highest BCUT2D eigenvalue weighted by atomic mass is 16.6. The summed E-state index contributed by atoms with van der Waals surface area (Å²) < 4.78 is 11.4. The van der Waals surface area contributed by atoms with Crippen molar-refractivity contribution in [3.05, 3.63) is 54.1 Å². The van der Waals surface area contributed by atoms with Crippen molar-refractivity contribution in [1.82, 2.24) is 0 Å². The van der Waals surface area contributed by atoms with E-state index in [4.69, 9.17) is 9.47 Å². The lowest BCUT2D eigenvalue weighted by Gasteiger charge is -2.25. The molecule has 0 spiro atoms. The van der Waals surface area contributed by atoms with Gasteiger partial charge in [0, 0.05) is 11.8 Å². The molecule has 1 heterocycles. The molecule has 2 aromatic carbocycles. The summed E-state index contributed by atoms with van der Waals surface area (Å²) in [4.78, 5) is 4.31. The van der Waals surface area contributed by atoms with Crippen molar-refractivity contribution < 1.29 is 14.6 Å². The molecule has 0 aliphatic carbocycles. The maximum atomic E-state index is 9.63. The summed E-state index contributed by atoms with van der Waals surface area (Å²) in [6, 6.07) is 14.7. The molecule has 1 aliphatic heterocycles. The molecule has 1 atom stereocenters. The van der Waals surface area contributed by atoms with Crippen LogP contribution in [0.2, 0.25) is 0 Å². The Morgan fingerprint density at radius 3 is 2.70 bits per heavy atom. The lowest BCUT2D eigenvalue weighted by molar-refractivity contribution is 0.0973. The Kier molecular flexibility index (Phi) is 3.54. The molecule has 0 saturated heterocycles. The van der Waals surface area contributed by atoms with E-state index in [-0.39, 0.29) is 11.9 Å². The van der Waals surface area contributed by atoms with E-state index in [0.717, 1.165) is 11.5 Å². The second kappa shape index (κ2) is 5.65. The van der Waals surface area contributed by atoms with Crippen molar-refractivity contribution in [3.8, 4) is 17.2 Å². The first-order valence-electron chi connectivity index (χ1n) is 6.49. The van der Waals surface area contributed by atoms with Crippen LogP contribution in [0.25, 0.3) is 0 Å². The van der Waals surface area contributed by atoms with E-state index in [9.17, 15) is 5.11 Å². The van der Waals surface area contributed by atoms with E-state index >= 15 is 0 Å². The molecule has 0 radical (unpaired) electrons. The summed E-state index contributed by atoms with van der Waals surface area (Å²) in [6.45, 7) is 0.970. The predicted octanol–water partition coefficient (Wildman–Crippen LogP) is 2.65. The number of aromatic hydroxyl groups is 1. The maximum absolute atomic E-state index is 9.63. The van der Waals surface area contributed by atoms with Crippen LogP contribution in [0.1, 0.15) is 5.56 Å². The van der Waals surface area contributed by atoms with Crippen LogP contribution < -0.4 is 9.47 Å². The number of hydrogen-bond donors (Lipinski definition) is 1. The van der Waals surface area contributed by atoms with Crippen LogP contribution in [-0.2, 0) is 0 Å². The molecule has 0 fully saturated rings. The standard InChI is InChI=1S/C16H15NO3/c18-14-6-2-1-5-12(14)9-17-10-13-11-19-15-7-3-4-8-16(15)20-13/h1-9,13,18H,10-11H2/t13-/m1/s1. The van der Waals surface area contributed by atoms with Gasteiger partial charge in [-0.1, -0.05) is 24.3 Å². The van der Waals surface area contributed by atoms with Crippen molar-refractivity contribution in [2.75, 3.05) is 13.2 Å². The summed E-state index contributed by atoms with van der Waals surface area (Å²) >= 11 is 0. The molecular formula is C16H15NO3. The van der Waals surface area contributed by atoms with E-state index in [1.807, 2.05) is 36.4 Å². The Morgan fingerprint density at radius 1 is 1.10 bits per heavy atom. The van der Waals surface area contributed by atoms with Crippen LogP contribution in [0, 0.1) is 0 Å². The predicted molar refractivity (Wildman–Crippen MR) is 76.9 cm³/mol. The molecule has 0 bridgehead atoms. The molecular weight excluding hydrogens is 254 g/mol. The van der Waals surface area contributed by atoms with Gasteiger partial charge < -0.3 is 14.6 Å². The number of fused-ring (bicyclic) bond motifs is 1. The van der Waals surface area contributed by atoms with Gasteiger partial charge in [0.1, 0.15) is 12.4 Å². The zero-order valence-electron chi connectivity index (χ0n) is 10.9. The third-order valence-electron chi connectivity index (χ3n) is 3.04. The molecule has 4 nitrogen and oxygen atoms in total. The van der Waals surface area contributed by atoms with Crippen LogP contribution >= 0.6 is 0 Å². The fraction of sp³-hybridized carbons (Fsp3) is 0.188. The number of para-hydroxylation sites is 3. The van der Waals surface area contributed by atoms with E-state index in [1.54, 1.807) is 18.3 Å². The Hall–Kier alpha value is -2.49. The molecule has 0 saturated carbocycles. The topological polar surface area (TPSA) is 51.1 Å². The monoisotopic (exact) mass is 269 g/mol. The third-order valence-corrected chi connectivity index (χ3v) is 3.04. The SMILES string of the molecule is Oc1ccccc1C=NC[C@@H]1COc2ccccc2O1. The zero-order valence-corrected chi connectivity index (χ0v) is 10.9. The van der Waals surface area contributed by atoms with Gasteiger partial charge in [-0.2, -0.15) is 0 Å². The Morgan fingerprint density at radius 2 is 1.85 bits per heavy atom. The van der Waals surface area contributed by atoms with Crippen LogP contribution in [-0.4, -0.2) is 30.6 Å². The second-order valence-corrected chi connectivity index (χ2v) is 4.55. The quantitative estimate of drug-likeness (QED) is 0.871. The molecule has 3 rings (SSSR count). The minimum Gasteiger partial charge on any atom is -0.507 e. The van der Waals surface area contributed by atoms with Crippen molar-refractivity contribution >= 4 is 6.21 Å². The number of phenolic OH excluding ortho intramolecular Hbond substituents is 1. The number of hydrogen-bond acceptors (Lipinski definition) is 4. The molecule has 2 aromatic rings. The van der Waals surface area contributed by atoms with Crippen molar-refractivity contribution in [3.63, 3.8) is 0 Å². The van der Waals surface area contributed by atoms with Crippen LogP contribution in [0.15, 0.2) is 53.5 Å². The molecule has 0 aromatic heterocycles. The smallest absolute Gasteiger partial charge is 0.161 e. The van der Waals surface area contributed by atoms with Crippen LogP contribution in [0.4, 0.5) is 0 Å². The summed E-state index contributed by atoms with van der Waals surface area (Å²) in [5.74, 6) is 1.75. The molecule has 1 aliphatic rings. The van der Waals surface area contributed by atoms with Crippen molar-refractivity contribution in [2.24, 2.45) is 4.99 Å². The minimum atomic E-state index is -0.105. The number of benzene rings is 2. The summed E-state index contributed by atoms with van der Waals surface area (Å²) in [7, 11) is 0. The van der Waals surface area contributed by atoms with Gasteiger partial charge in [0.15, 0.2) is 17.6 Å². The number of nitrogens with zero attached hydrogens (tertiary/aromatic N) is 1. The number of rotatable bonds is 3. The molecule has 4 heteroatoms. The fourth-order valence-electron chi connectivity index (χ4n) is 2.02. The van der Waals surface area contributed by atoms with E-state index in [1.165, 1.54) is 0 Å². The summed E-state index contributed by atoms with van der Waals surface area (Å²) in [6.07, 6.45) is 1.55. The highest BCUT2D eigenvalue weighted by molar-refractivity contribution is 5.83. The first-order chi connectivity index (χ1) is 9.83. The number of aliphatic imine (C=N–C) groups is 1. The van der Waals surface area contributed by atoms with Gasteiger partial charge in [-0.05, 0) is 24.3 Å². The van der Waals surface area contributed by atoms with E-state index in [2.05, 4.69) is 4.99 Å². The van der Waals surface area contributed by atoms with E-state index in [0.29, 0.717) is 18.7 Å². The van der Waals surface area contributed by atoms with Gasteiger partial charge in [0.2, 0.25) is 0 Å². The molecule has 1 N–H and O–H groups in total. The summed E-state index contributed by atoms with van der Waals surface area (Å²) in [5, 5.41) is 9.63. The Bertz CT molecular complexity index is 625. The molecule has 102 valence electrons. The fourth-order valence-corrected chi connectivity index (χ4v) is 2.02. The van der Waals surface area contributed by atoms with Gasteiger partial charge in [0.25, 0.3) is 0 Å². The van der Waals surface area contributed by atoms with Crippen LogP contribution in [0.5, 0.6) is 17.2 Å². The van der Waals surface area contributed by atoms with Crippen LogP contribution in [0.3, 0.4) is 0 Å². The van der Waals surface area contributed by atoms with Gasteiger partial charge in [-0.3, -0.25) is 4.99 Å². The van der Waals surface area contributed by atoms with Gasteiger partial charge in [-0.25, -0.2) is 0 Å². The first-order valence-corrected chi connectivity index (χ1v) is 6.49. The van der Waals surface area contributed by atoms with Gasteiger partial charge in [0.05, 0.1) is 6.54 Å². The lowest BCUT2D eigenvalue weighted by Crippen LogP contribution is -2.31. The van der Waals surface area contributed by atoms with E-state index < -0.39 is 0 Å². The minimum absolute atomic E-state index is 0.105. The number of phenols is 1. The average molecular weight is 269 g/mol. The van der Waals surface area contributed by atoms with Gasteiger partial charge in [-0.15, -0.1) is 0 Å². The molecule has 0 amide bonds. The molecule has 0 unspecified atom stereocenters. The Balaban J connectivity index is 1.62. The average Bonchev–Trinajstić information content (AvgIpc) is 2.49. The largest absolute Gasteiger partial charge is 0.507 e. The van der Waals surface area contributed by atoms with Crippen molar-refractivity contribution in [1.29, 1.82) is 0 Å². The normalized spacial score (nSPS) is 17.3. The Labute approximate surface area is 117 Å². The highest BCUT2D eigenvalue weighted by Crippen LogP contribution is 2.30. The first kappa shape index (κ1) is 12.5. The maximum Gasteiger partial charge on any atom is 0.161 e. The number of ether oxygens (including phenoxy) is 2. The van der Waals surface area contributed by atoms with Gasteiger partial charge >= 0.3 is 0 Å². The summed E-state index contributed by atoms with van der Waals surface area (Å²) in [5.41, 5.74) is 0.699. The van der Waals surface area contributed by atoms with Crippen molar-refractivity contribution in [2.45, 2.75) is 6.10 Å². The third kappa shape index (κ3) is 2.74. The zero-order chi connectivity index (χ0) is 13.8. The second-order valence-electron chi connectivity index (χ2n) is 4.55. The lowest BCUT2D eigenvalue weighted by atomic mass is 10.2.